The number of nitrogens with zero attached hydrogens (tertiary/aromatic N) is 2. The summed E-state index contributed by atoms with van der Waals surface area (Å²) in [6, 6.07) is 0.193. The Morgan fingerprint density at radius 3 is 3.00 bits per heavy atom. The largest absolute Gasteiger partial charge is 0.370 e. The standard InChI is InChI=1S/C9H19N5O/c1-12-9(11)13-7-3-2-4-14(6-7)8(15)5-10/h7H,2-6,10H2,1H3,(H3,11,12,13)/t7-/m1/s1. The molecule has 0 saturated carbocycles. The van der Waals surface area contributed by atoms with E-state index in [2.05, 4.69) is 10.3 Å². The van der Waals surface area contributed by atoms with E-state index >= 15 is 0 Å². The summed E-state index contributed by atoms with van der Waals surface area (Å²) in [6.07, 6.45) is 1.98. The highest BCUT2D eigenvalue weighted by Crippen LogP contribution is 2.09. The van der Waals surface area contributed by atoms with Crippen LogP contribution in [0.25, 0.3) is 0 Å². The van der Waals surface area contributed by atoms with Gasteiger partial charge in [0.1, 0.15) is 0 Å². The molecule has 1 aliphatic rings. The second-order valence-electron chi connectivity index (χ2n) is 3.64. The monoisotopic (exact) mass is 213 g/mol. The van der Waals surface area contributed by atoms with Gasteiger partial charge < -0.3 is 21.7 Å². The maximum absolute atomic E-state index is 11.4. The molecular formula is C9H19N5O. The minimum atomic E-state index is -0.00601. The molecule has 5 N–H and O–H groups in total. The molecule has 1 fully saturated rings. The fourth-order valence-electron chi connectivity index (χ4n) is 1.72. The molecule has 1 amide bonds. The Balaban J connectivity index is 2.45. The van der Waals surface area contributed by atoms with Crippen LogP contribution in [0.3, 0.4) is 0 Å². The van der Waals surface area contributed by atoms with E-state index in [1.807, 2.05) is 0 Å². The molecule has 0 radical (unpaired) electrons. The van der Waals surface area contributed by atoms with Gasteiger partial charge in [-0.2, -0.15) is 0 Å². The highest BCUT2D eigenvalue weighted by Gasteiger charge is 2.22. The van der Waals surface area contributed by atoms with Crippen LogP contribution >= 0.6 is 0 Å². The third-order valence-corrected chi connectivity index (χ3v) is 2.54. The molecule has 0 aliphatic carbocycles. The van der Waals surface area contributed by atoms with Crippen LogP contribution in [0.4, 0.5) is 0 Å². The minimum Gasteiger partial charge on any atom is -0.370 e. The number of hydrogen-bond donors (Lipinski definition) is 3. The van der Waals surface area contributed by atoms with Crippen LogP contribution in [0, 0.1) is 0 Å². The predicted octanol–water partition coefficient (Wildman–Crippen LogP) is -1.53. The van der Waals surface area contributed by atoms with Gasteiger partial charge in [-0.15, -0.1) is 0 Å². The first kappa shape index (κ1) is 11.8. The number of carbonyl (C=O) groups excluding carboxylic acids is 1. The molecule has 15 heavy (non-hydrogen) atoms. The van der Waals surface area contributed by atoms with Crippen LogP contribution in [0.2, 0.25) is 0 Å². The number of hydrogen-bond acceptors (Lipinski definition) is 3. The van der Waals surface area contributed by atoms with E-state index in [4.69, 9.17) is 11.5 Å². The number of amides is 1. The molecule has 1 atom stereocenters. The third kappa shape index (κ3) is 3.39. The fourth-order valence-corrected chi connectivity index (χ4v) is 1.72. The van der Waals surface area contributed by atoms with E-state index in [0.29, 0.717) is 12.5 Å². The number of rotatable bonds is 2. The lowest BCUT2D eigenvalue weighted by molar-refractivity contribution is -0.130. The van der Waals surface area contributed by atoms with E-state index in [-0.39, 0.29) is 18.5 Å². The van der Waals surface area contributed by atoms with Crippen molar-refractivity contribution in [1.82, 2.24) is 10.2 Å². The number of nitrogens with one attached hydrogen (secondary N) is 1. The Morgan fingerprint density at radius 1 is 1.67 bits per heavy atom. The van der Waals surface area contributed by atoms with Crippen LogP contribution in [0.15, 0.2) is 4.99 Å². The summed E-state index contributed by atoms with van der Waals surface area (Å²) >= 11 is 0. The van der Waals surface area contributed by atoms with Gasteiger partial charge >= 0.3 is 0 Å². The lowest BCUT2D eigenvalue weighted by Crippen LogP contribution is -2.52. The van der Waals surface area contributed by atoms with Crippen LogP contribution in [-0.4, -0.2) is 49.5 Å². The van der Waals surface area contributed by atoms with Crippen molar-refractivity contribution in [1.29, 1.82) is 0 Å². The molecule has 1 aliphatic heterocycles. The van der Waals surface area contributed by atoms with Gasteiger partial charge in [-0.3, -0.25) is 9.79 Å². The Bertz CT molecular complexity index is 253. The van der Waals surface area contributed by atoms with Gasteiger partial charge in [0.2, 0.25) is 5.91 Å². The van der Waals surface area contributed by atoms with E-state index in [1.165, 1.54) is 0 Å². The Morgan fingerprint density at radius 2 is 2.40 bits per heavy atom. The Kier molecular flexibility index (Phi) is 4.36. The molecule has 0 aromatic rings. The van der Waals surface area contributed by atoms with Gasteiger partial charge in [-0.05, 0) is 12.8 Å². The summed E-state index contributed by atoms with van der Waals surface area (Å²) < 4.78 is 0. The lowest BCUT2D eigenvalue weighted by Gasteiger charge is -2.33. The normalized spacial score (nSPS) is 22.7. The number of nitrogens with two attached hydrogens (primary N) is 2. The fraction of sp³-hybridized carbons (Fsp3) is 0.778. The molecule has 0 unspecified atom stereocenters. The number of guanidine groups is 1. The topological polar surface area (TPSA) is 96.7 Å². The molecule has 1 rings (SSSR count). The van der Waals surface area contributed by atoms with Crippen LogP contribution in [0.5, 0.6) is 0 Å². The van der Waals surface area contributed by atoms with Gasteiger partial charge in [0.25, 0.3) is 0 Å². The summed E-state index contributed by atoms with van der Waals surface area (Å²) in [5.41, 5.74) is 10.9. The molecule has 1 saturated heterocycles. The van der Waals surface area contributed by atoms with Crippen molar-refractivity contribution in [3.05, 3.63) is 0 Å². The van der Waals surface area contributed by atoms with Gasteiger partial charge in [-0.25, -0.2) is 0 Å². The quantitative estimate of drug-likeness (QED) is 0.383. The first-order valence-electron chi connectivity index (χ1n) is 5.14. The molecule has 6 nitrogen and oxygen atoms in total. The van der Waals surface area contributed by atoms with Crippen LogP contribution in [0.1, 0.15) is 12.8 Å². The van der Waals surface area contributed by atoms with E-state index in [9.17, 15) is 4.79 Å². The molecule has 6 heteroatoms. The maximum atomic E-state index is 11.4. The van der Waals surface area contributed by atoms with Gasteiger partial charge in [0.05, 0.1) is 6.54 Å². The third-order valence-electron chi connectivity index (χ3n) is 2.54. The van der Waals surface area contributed by atoms with Crippen molar-refractivity contribution >= 4 is 11.9 Å². The average molecular weight is 213 g/mol. The summed E-state index contributed by atoms with van der Waals surface area (Å²) in [5, 5.41) is 3.07. The summed E-state index contributed by atoms with van der Waals surface area (Å²) in [5.74, 6) is 0.413. The van der Waals surface area contributed by atoms with Crippen molar-refractivity contribution < 1.29 is 4.79 Å². The summed E-state index contributed by atoms with van der Waals surface area (Å²) in [7, 11) is 1.63. The van der Waals surface area contributed by atoms with E-state index in [0.717, 1.165) is 19.4 Å². The van der Waals surface area contributed by atoms with Crippen LogP contribution in [-0.2, 0) is 4.79 Å². The van der Waals surface area contributed by atoms with E-state index in [1.54, 1.807) is 11.9 Å². The summed E-state index contributed by atoms with van der Waals surface area (Å²) in [4.78, 5) is 17.0. The average Bonchev–Trinajstić information content (AvgIpc) is 2.28. The van der Waals surface area contributed by atoms with Crippen LogP contribution < -0.4 is 16.8 Å². The number of likely N-dealkylation sites (tertiary alicyclic amines) is 1. The molecular weight excluding hydrogens is 194 g/mol. The van der Waals surface area contributed by atoms with Gasteiger partial charge in [0.15, 0.2) is 5.96 Å². The first-order chi connectivity index (χ1) is 7.17. The number of carbonyl (C=O) groups is 1. The smallest absolute Gasteiger partial charge is 0.236 e. The van der Waals surface area contributed by atoms with Crippen molar-refractivity contribution in [3.8, 4) is 0 Å². The molecule has 0 aromatic carbocycles. The zero-order valence-corrected chi connectivity index (χ0v) is 9.07. The van der Waals surface area contributed by atoms with Crippen molar-refractivity contribution in [3.63, 3.8) is 0 Å². The van der Waals surface area contributed by atoms with Gasteiger partial charge in [-0.1, -0.05) is 0 Å². The number of piperidine rings is 1. The minimum absolute atomic E-state index is 0.00601. The van der Waals surface area contributed by atoms with Crippen molar-refractivity contribution in [2.75, 3.05) is 26.7 Å². The SMILES string of the molecule is CN=C(N)N[C@@H]1CCCN(C(=O)CN)C1. The molecule has 0 bridgehead atoms. The molecule has 86 valence electrons. The lowest BCUT2D eigenvalue weighted by atomic mass is 10.1. The summed E-state index contributed by atoms with van der Waals surface area (Å²) in [6.45, 7) is 1.52. The number of aliphatic imine (C=N–C) groups is 1. The maximum Gasteiger partial charge on any atom is 0.236 e. The zero-order valence-electron chi connectivity index (χ0n) is 9.07. The zero-order chi connectivity index (χ0) is 11.3. The second kappa shape index (κ2) is 5.55. The predicted molar refractivity (Wildman–Crippen MR) is 59.3 cm³/mol. The first-order valence-corrected chi connectivity index (χ1v) is 5.14. The molecule has 0 spiro atoms. The van der Waals surface area contributed by atoms with Crippen molar-refractivity contribution in [2.24, 2.45) is 16.5 Å². The Hall–Kier alpha value is -1.30. The molecule has 1 heterocycles. The second-order valence-corrected chi connectivity index (χ2v) is 3.64. The highest BCUT2D eigenvalue weighted by molar-refractivity contribution is 5.79. The Labute approximate surface area is 89.7 Å². The van der Waals surface area contributed by atoms with E-state index < -0.39 is 0 Å². The van der Waals surface area contributed by atoms with Gasteiger partial charge in [0, 0.05) is 26.2 Å². The molecule has 0 aromatic heterocycles. The van der Waals surface area contributed by atoms with Crippen molar-refractivity contribution in [2.45, 2.75) is 18.9 Å². The highest BCUT2D eigenvalue weighted by atomic mass is 16.2.